The number of nitrogen functional groups attached to an aromatic ring is 1. The normalized spacial score (nSPS) is 11.2. The van der Waals surface area contributed by atoms with Crippen molar-refractivity contribution in [1.29, 1.82) is 0 Å². The van der Waals surface area contributed by atoms with Crippen molar-refractivity contribution in [2.45, 2.75) is 4.90 Å². The highest BCUT2D eigenvalue weighted by molar-refractivity contribution is 9.10. The average molecular weight is 944 g/mol. The molecule has 0 aliphatic heterocycles. The van der Waals surface area contributed by atoms with Crippen molar-refractivity contribution in [2.24, 2.45) is 7.05 Å². The fraction of sp³-hybridized carbons (Fsp3) is 0.0426. The van der Waals surface area contributed by atoms with E-state index >= 15 is 0 Å². The van der Waals surface area contributed by atoms with Crippen molar-refractivity contribution in [1.82, 2.24) is 44.4 Å². The third-order valence-electron chi connectivity index (χ3n) is 10.1. The Kier molecular flexibility index (Phi) is 11.6. The van der Waals surface area contributed by atoms with Gasteiger partial charge < -0.3 is 25.7 Å². The lowest BCUT2D eigenvalue weighted by Crippen LogP contribution is -2.12. The molecular weight excluding hydrogens is 909 g/mol. The largest absolute Gasteiger partial charge is 0.404 e. The van der Waals surface area contributed by atoms with Gasteiger partial charge in [-0.2, -0.15) is 4.98 Å². The highest BCUT2D eigenvalue weighted by Gasteiger charge is 2.18. The maximum atomic E-state index is 13.0. The van der Waals surface area contributed by atoms with Gasteiger partial charge in [-0.05, 0) is 77.2 Å². The van der Waals surface area contributed by atoms with E-state index in [1.807, 2.05) is 61.8 Å². The van der Waals surface area contributed by atoms with Crippen LogP contribution < -0.4 is 21.1 Å². The number of pyridine rings is 2. The summed E-state index contributed by atoms with van der Waals surface area (Å²) in [5.41, 5.74) is 16.0. The molecule has 18 heteroatoms. The molecule has 0 unspecified atom stereocenters. The van der Waals surface area contributed by atoms with Gasteiger partial charge in [0, 0.05) is 101 Å². The highest BCUT2D eigenvalue weighted by Crippen LogP contribution is 2.35. The first kappa shape index (κ1) is 42.1. The number of hydrogen-bond donors (Lipinski definition) is 3. The summed E-state index contributed by atoms with van der Waals surface area (Å²) in [6.45, 7) is 0. The molecule has 0 saturated heterocycles. The minimum Gasteiger partial charge on any atom is -0.404 e. The molecule has 6 heterocycles. The minimum absolute atomic E-state index is 0.0108. The zero-order chi connectivity index (χ0) is 45.1. The second-order valence-electron chi connectivity index (χ2n) is 14.6. The minimum atomic E-state index is -3.40. The molecule has 4 aromatic carbocycles. The number of halogens is 1. The molecular formula is C47H35BrN12O4S. The second-order valence-corrected chi connectivity index (χ2v) is 17.5. The first-order valence-corrected chi connectivity index (χ1v) is 22.4. The smallest absolute Gasteiger partial charge is 0.347 e. The van der Waals surface area contributed by atoms with E-state index in [0.29, 0.717) is 33.8 Å². The van der Waals surface area contributed by atoms with Gasteiger partial charge in [-0.25, -0.2) is 18.2 Å². The number of carbonyl (C=O) groups excluding carboxylic acids is 1. The van der Waals surface area contributed by atoms with Crippen LogP contribution in [0.5, 0.6) is 5.88 Å². The summed E-state index contributed by atoms with van der Waals surface area (Å²) in [5.74, 6) is -0.547. The Labute approximate surface area is 379 Å². The number of benzene rings is 4. The van der Waals surface area contributed by atoms with Crippen LogP contribution in [0.25, 0.3) is 55.2 Å². The summed E-state index contributed by atoms with van der Waals surface area (Å²) in [5, 5.41) is 7.63. The lowest BCUT2D eigenvalue weighted by molar-refractivity contribution is 0.0728. The molecule has 0 spiro atoms. The molecule has 6 aromatic heterocycles. The van der Waals surface area contributed by atoms with Crippen LogP contribution in [0.1, 0.15) is 10.4 Å². The van der Waals surface area contributed by atoms with Gasteiger partial charge in [-0.1, -0.05) is 40.2 Å². The Morgan fingerprint density at radius 3 is 2.02 bits per heavy atom. The van der Waals surface area contributed by atoms with Gasteiger partial charge in [0.2, 0.25) is 11.8 Å². The van der Waals surface area contributed by atoms with Crippen LogP contribution in [-0.2, 0) is 16.9 Å². The molecule has 320 valence electrons. The summed E-state index contributed by atoms with van der Waals surface area (Å²) < 4.78 is 32.6. The first-order chi connectivity index (χ1) is 31.5. The second kappa shape index (κ2) is 17.9. The van der Waals surface area contributed by atoms with E-state index in [9.17, 15) is 13.2 Å². The Hall–Kier alpha value is -8.22. The van der Waals surface area contributed by atoms with Gasteiger partial charge in [0.25, 0.3) is 0 Å². The molecule has 0 aliphatic carbocycles. The summed E-state index contributed by atoms with van der Waals surface area (Å²) in [6.07, 6.45) is 17.3. The maximum Gasteiger partial charge on any atom is 0.347 e. The zero-order valence-electron chi connectivity index (χ0n) is 34.5. The van der Waals surface area contributed by atoms with E-state index in [1.54, 1.807) is 37.1 Å². The van der Waals surface area contributed by atoms with Crippen molar-refractivity contribution < 1.29 is 17.9 Å². The molecule has 0 amide bonds. The van der Waals surface area contributed by atoms with Gasteiger partial charge in [0.15, 0.2) is 9.84 Å². The summed E-state index contributed by atoms with van der Waals surface area (Å²) in [7, 11) is -1.39. The quantitative estimate of drug-likeness (QED) is 0.115. The number of carbonyl (C=O) groups is 1. The molecule has 10 rings (SSSR count). The number of nitrogens with one attached hydrogen (secondary N) is 2. The maximum absolute atomic E-state index is 13.0. The van der Waals surface area contributed by atoms with Crippen molar-refractivity contribution in [3.05, 3.63) is 163 Å². The number of fused-ring (bicyclic) bond motifs is 3. The predicted octanol–water partition coefficient (Wildman–Crippen LogP) is 9.12. The SMILES string of the molecule is CS(=O)(=O)c1ccncc1Nc1cc(-c2cccc(Br)c2)c2nccnc2c1.Cn1ccc2ccc(-c3cc(Nc4cnccc4C(=O)Oc4ccnc(N)n4)cc4nccnc34)cc21. The van der Waals surface area contributed by atoms with E-state index in [2.05, 4.69) is 95.3 Å². The van der Waals surface area contributed by atoms with Crippen molar-refractivity contribution >= 4 is 93.4 Å². The lowest BCUT2D eigenvalue weighted by atomic mass is 10.0. The molecule has 4 N–H and O–H groups in total. The zero-order valence-corrected chi connectivity index (χ0v) is 36.9. The summed E-state index contributed by atoms with van der Waals surface area (Å²) in [6, 6.07) is 28.4. The van der Waals surface area contributed by atoms with Gasteiger partial charge in [0.1, 0.15) is 0 Å². The van der Waals surface area contributed by atoms with Gasteiger partial charge >= 0.3 is 5.97 Å². The van der Waals surface area contributed by atoms with E-state index in [0.717, 1.165) is 48.7 Å². The summed E-state index contributed by atoms with van der Waals surface area (Å²) >= 11 is 3.50. The number of esters is 1. The number of sulfone groups is 1. The number of aryl methyl sites for hydroxylation is 1. The molecule has 0 bridgehead atoms. The molecule has 0 saturated carbocycles. The monoisotopic (exact) mass is 942 g/mol. The van der Waals surface area contributed by atoms with Gasteiger partial charge in [-0.3, -0.25) is 29.9 Å². The Morgan fingerprint density at radius 2 is 1.34 bits per heavy atom. The predicted molar refractivity (Wildman–Crippen MR) is 254 cm³/mol. The fourth-order valence-electron chi connectivity index (χ4n) is 7.17. The van der Waals surface area contributed by atoms with Crippen molar-refractivity contribution in [3.8, 4) is 28.1 Å². The number of anilines is 5. The first-order valence-electron chi connectivity index (χ1n) is 19.7. The fourth-order valence-corrected chi connectivity index (χ4v) is 8.38. The van der Waals surface area contributed by atoms with Crippen LogP contribution in [0, 0.1) is 0 Å². The van der Waals surface area contributed by atoms with Crippen LogP contribution in [-0.4, -0.2) is 65.1 Å². The van der Waals surface area contributed by atoms with Crippen LogP contribution >= 0.6 is 15.9 Å². The molecule has 0 fully saturated rings. The third kappa shape index (κ3) is 9.29. The third-order valence-corrected chi connectivity index (χ3v) is 11.8. The van der Waals surface area contributed by atoms with E-state index in [4.69, 9.17) is 10.5 Å². The van der Waals surface area contributed by atoms with Gasteiger partial charge in [-0.15, -0.1) is 0 Å². The molecule has 10 aromatic rings. The average Bonchev–Trinajstić information content (AvgIpc) is 3.68. The number of rotatable bonds is 9. The Balaban J connectivity index is 0.000000171. The van der Waals surface area contributed by atoms with Crippen molar-refractivity contribution in [3.63, 3.8) is 0 Å². The summed E-state index contributed by atoms with van der Waals surface area (Å²) in [4.78, 5) is 47.1. The number of ether oxygens (including phenoxy) is 1. The van der Waals surface area contributed by atoms with Crippen molar-refractivity contribution in [2.75, 3.05) is 22.6 Å². The topological polar surface area (TPSA) is 219 Å². The van der Waals surface area contributed by atoms with E-state index in [-0.39, 0.29) is 22.3 Å². The Morgan fingerprint density at radius 1 is 0.692 bits per heavy atom. The number of nitrogens with two attached hydrogens (primary N) is 1. The highest BCUT2D eigenvalue weighted by atomic mass is 79.9. The molecule has 0 atom stereocenters. The molecule has 0 aliphatic rings. The number of aromatic nitrogens is 9. The molecule has 65 heavy (non-hydrogen) atoms. The number of nitrogens with zero attached hydrogens (tertiary/aromatic N) is 9. The number of hydrogen-bond acceptors (Lipinski definition) is 15. The van der Waals surface area contributed by atoms with Crippen LogP contribution in [0.15, 0.2) is 162 Å². The molecule has 0 radical (unpaired) electrons. The van der Waals surface area contributed by atoms with E-state index < -0.39 is 15.8 Å². The van der Waals surface area contributed by atoms with Crippen LogP contribution in [0.2, 0.25) is 0 Å². The van der Waals surface area contributed by atoms with Gasteiger partial charge in [0.05, 0.1) is 56.3 Å². The van der Waals surface area contributed by atoms with Crippen LogP contribution in [0.4, 0.5) is 28.7 Å². The molecule has 16 nitrogen and oxygen atoms in total. The van der Waals surface area contributed by atoms with E-state index in [1.165, 1.54) is 43.2 Å². The van der Waals surface area contributed by atoms with Crippen LogP contribution in [0.3, 0.4) is 0 Å². The standard InChI is InChI=1S/C27H20N8O2.C20H15BrN4O2S/c1-35-11-6-16-2-3-17(12-23(16)35)20-13-18(14-21-25(20)31-10-9-30-21)33-22-15-29-7-4-19(22)26(36)37-24-5-8-32-27(28)34-24;1-28(26,27)19-5-6-22-12-18(19)25-15-10-16(13-3-2-4-14(21)9-13)20-17(11-15)23-7-8-24-20/h2-15,33H,1H3,(H2,28,32,34);2-12,25H,1H3. The Bertz CT molecular complexity index is 3550. The lowest BCUT2D eigenvalue weighted by Gasteiger charge is -2.14.